The molecule has 4 rings (SSSR count). The molecule has 3 aromatic rings. The molecule has 0 spiro atoms. The number of anilines is 2. The maximum atomic E-state index is 14.9. The van der Waals surface area contributed by atoms with E-state index in [0.717, 1.165) is 6.20 Å². The molecule has 208 valence electrons. The second kappa shape index (κ2) is 10.8. The van der Waals surface area contributed by atoms with E-state index in [1.807, 2.05) is 6.92 Å². The lowest BCUT2D eigenvalue weighted by atomic mass is 9.68. The molecule has 1 aromatic heterocycles. The topological polar surface area (TPSA) is 129 Å². The summed E-state index contributed by atoms with van der Waals surface area (Å²) in [4.78, 5) is 21.0. The molecule has 1 amide bonds. The fraction of sp³-hybridized carbons (Fsp3) is 0.370. The molecule has 0 saturated heterocycles. The molecule has 2 aromatic carbocycles. The second-order valence-corrected chi connectivity index (χ2v) is 11.2. The summed E-state index contributed by atoms with van der Waals surface area (Å²) in [6.45, 7) is 7.12. The number of nitrogens with two attached hydrogens (primary N) is 1. The van der Waals surface area contributed by atoms with Gasteiger partial charge in [-0.25, -0.2) is 23.1 Å². The molecule has 1 unspecified atom stereocenters. The van der Waals surface area contributed by atoms with Crippen LogP contribution in [0, 0.1) is 11.6 Å². The first-order chi connectivity index (χ1) is 18.3. The predicted molar refractivity (Wildman–Crippen MR) is 146 cm³/mol. The summed E-state index contributed by atoms with van der Waals surface area (Å²) in [5.41, 5.74) is 4.54. The number of hydrogen-bond acceptors (Lipinski definition) is 8. The van der Waals surface area contributed by atoms with Gasteiger partial charge in [-0.05, 0) is 43.7 Å². The average Bonchev–Trinajstić information content (AvgIpc) is 2.84. The smallest absolute Gasteiger partial charge is 0.246 e. The molecule has 1 aliphatic heterocycles. The third kappa shape index (κ3) is 5.80. The van der Waals surface area contributed by atoms with Crippen molar-refractivity contribution in [3.05, 3.63) is 59.8 Å². The van der Waals surface area contributed by atoms with Gasteiger partial charge in [0.1, 0.15) is 23.0 Å². The summed E-state index contributed by atoms with van der Waals surface area (Å²) in [6, 6.07) is 9.02. The summed E-state index contributed by atoms with van der Waals surface area (Å²) < 4.78 is 57.2. The Hall–Kier alpha value is -3.80. The van der Waals surface area contributed by atoms with Crippen molar-refractivity contribution in [1.82, 2.24) is 9.97 Å². The van der Waals surface area contributed by atoms with E-state index in [1.165, 1.54) is 24.5 Å². The second-order valence-electron chi connectivity index (χ2n) is 10.1. The number of amides is 1. The fourth-order valence-corrected chi connectivity index (χ4v) is 5.24. The van der Waals surface area contributed by atoms with Gasteiger partial charge in [0, 0.05) is 52.1 Å². The number of rotatable bonds is 4. The lowest BCUT2D eigenvalue weighted by molar-refractivity contribution is -0.124. The number of carbonyl (C=O) groups excluding carboxylic acids is 1. The Morgan fingerprint density at radius 3 is 2.64 bits per heavy atom. The number of aromatic nitrogens is 2. The Labute approximate surface area is 227 Å². The zero-order chi connectivity index (χ0) is 28.5. The van der Waals surface area contributed by atoms with Gasteiger partial charge in [-0.1, -0.05) is 13.8 Å². The molecule has 2 heterocycles. The number of carbonyl (C=O) groups is 1. The Bertz CT molecular complexity index is 1510. The summed E-state index contributed by atoms with van der Waals surface area (Å²) >= 11 is 0. The minimum Gasteiger partial charge on any atom is -0.493 e. The van der Waals surface area contributed by atoms with E-state index in [1.54, 1.807) is 39.0 Å². The van der Waals surface area contributed by atoms with Crippen LogP contribution >= 0.6 is 0 Å². The molecule has 12 heteroatoms. The summed E-state index contributed by atoms with van der Waals surface area (Å²) in [5, 5.41) is 3.07. The number of benzene rings is 2. The van der Waals surface area contributed by atoms with Crippen molar-refractivity contribution >= 4 is 28.1 Å². The number of nitrogens with one attached hydrogen (secondary N) is 1. The number of nitrogens with zero attached hydrogens (tertiary/aromatic N) is 3. The summed E-state index contributed by atoms with van der Waals surface area (Å²) in [7, 11) is -2.04. The van der Waals surface area contributed by atoms with Crippen LogP contribution in [0.25, 0.3) is 11.3 Å². The van der Waals surface area contributed by atoms with Crippen molar-refractivity contribution in [3.63, 3.8) is 0 Å². The number of halogens is 2. The monoisotopic (exact) mass is 559 g/mol. The highest BCUT2D eigenvalue weighted by molar-refractivity contribution is 7.74. The maximum Gasteiger partial charge on any atom is 0.246 e. The normalized spacial score (nSPS) is 17.9. The molecule has 3 atom stereocenters. The quantitative estimate of drug-likeness (QED) is 0.401. The van der Waals surface area contributed by atoms with Crippen molar-refractivity contribution in [1.29, 1.82) is 0 Å². The van der Waals surface area contributed by atoms with Crippen LogP contribution in [0.1, 0.15) is 39.7 Å². The van der Waals surface area contributed by atoms with Crippen LogP contribution in [-0.4, -0.2) is 44.6 Å². The highest BCUT2D eigenvalue weighted by Gasteiger charge is 2.48. The van der Waals surface area contributed by atoms with Gasteiger partial charge in [0.15, 0.2) is 11.4 Å². The van der Waals surface area contributed by atoms with Gasteiger partial charge in [-0.3, -0.25) is 9.00 Å². The van der Waals surface area contributed by atoms with Gasteiger partial charge in [-0.15, -0.1) is 0 Å². The molecular formula is C27H31F2N5O4S. The fourth-order valence-electron chi connectivity index (χ4n) is 4.33. The Kier molecular flexibility index (Phi) is 7.78. The molecule has 9 nitrogen and oxygen atoms in total. The van der Waals surface area contributed by atoms with Crippen molar-refractivity contribution in [2.75, 3.05) is 18.2 Å². The number of fused-ring (bicyclic) bond motifs is 6. The summed E-state index contributed by atoms with van der Waals surface area (Å²) in [5.74, 6) is -1.30. The summed E-state index contributed by atoms with van der Waals surface area (Å²) in [6.07, 6.45) is 2.51. The van der Waals surface area contributed by atoms with Crippen LogP contribution in [0.3, 0.4) is 0 Å². The van der Waals surface area contributed by atoms with Crippen LogP contribution in [0.2, 0.25) is 0 Å². The minimum atomic E-state index is -2.04. The largest absolute Gasteiger partial charge is 0.493 e. The maximum absolute atomic E-state index is 14.9. The van der Waals surface area contributed by atoms with E-state index >= 15 is 0 Å². The van der Waals surface area contributed by atoms with Crippen LogP contribution in [0.5, 0.6) is 11.5 Å². The Balaban J connectivity index is 1.88. The van der Waals surface area contributed by atoms with Crippen molar-refractivity contribution in [2.45, 2.75) is 51.2 Å². The molecule has 4 bridgehead atoms. The highest BCUT2D eigenvalue weighted by atomic mass is 32.2. The molecule has 3 N–H and O–H groups in total. The third-order valence-electron chi connectivity index (χ3n) is 6.98. The third-order valence-corrected chi connectivity index (χ3v) is 7.67. The Morgan fingerprint density at radius 1 is 1.21 bits per heavy atom. The van der Waals surface area contributed by atoms with E-state index in [0.29, 0.717) is 23.4 Å². The van der Waals surface area contributed by atoms with E-state index < -0.39 is 39.1 Å². The highest BCUT2D eigenvalue weighted by Crippen LogP contribution is 2.41. The Morgan fingerprint density at radius 2 is 1.95 bits per heavy atom. The van der Waals surface area contributed by atoms with E-state index in [-0.39, 0.29) is 35.7 Å². The number of hydrogen-bond donors (Lipinski definition) is 3. The van der Waals surface area contributed by atoms with Crippen molar-refractivity contribution in [2.24, 2.45) is 10.1 Å². The molecule has 0 saturated carbocycles. The first-order valence-electron chi connectivity index (χ1n) is 12.3. The zero-order valence-corrected chi connectivity index (χ0v) is 23.2. The molecule has 39 heavy (non-hydrogen) atoms. The molecule has 0 fully saturated rings. The van der Waals surface area contributed by atoms with Crippen LogP contribution < -0.4 is 20.5 Å². The van der Waals surface area contributed by atoms with Crippen molar-refractivity contribution in [3.8, 4) is 22.8 Å². The number of primary amides is 1. The predicted octanol–water partition coefficient (Wildman–Crippen LogP) is 4.53. The van der Waals surface area contributed by atoms with Gasteiger partial charge in [-0.2, -0.15) is 0 Å². The van der Waals surface area contributed by atoms with Crippen LogP contribution in [0.15, 0.2) is 47.0 Å². The zero-order valence-electron chi connectivity index (χ0n) is 22.3. The lowest BCUT2D eigenvalue weighted by Crippen LogP contribution is -2.53. The molecular weight excluding hydrogens is 528 g/mol. The van der Waals surface area contributed by atoms with Gasteiger partial charge >= 0.3 is 0 Å². The minimum absolute atomic E-state index is 0.0617. The first kappa shape index (κ1) is 28.2. The molecule has 0 radical (unpaired) electrons. The molecule has 0 aliphatic carbocycles. The van der Waals surface area contributed by atoms with Gasteiger partial charge in [0.2, 0.25) is 11.9 Å². The SMILES string of the molecule is C[C@@H]1CCOc2cc(F)ccc2-c2nc(ncc2F)Nc2cc(cc(C(C)(C)[C@](C)(/N=[SH](/C)=O)C(N)=O)c2)O1. The van der Waals surface area contributed by atoms with Crippen LogP contribution in [0.4, 0.5) is 20.4 Å². The van der Waals surface area contributed by atoms with Crippen molar-refractivity contribution < 1.29 is 27.3 Å². The number of ether oxygens (including phenoxy) is 2. The first-order valence-corrected chi connectivity index (χ1v) is 13.9. The van der Waals surface area contributed by atoms with Gasteiger partial charge < -0.3 is 20.5 Å². The standard InChI is InChI=1S/C27H31F2N5O4S/c1-15-8-9-37-22-12-17(28)6-7-20(22)23-21(29)14-31-25(33-23)32-18-10-16(11-19(13-18)38-15)26(2,3)27(4,24(30)35)34-39(5)36/h6-7,10-15,39H,8-9H2,1-5H3,(H2,30,35)(H,31,32,33)/t15-,27-/m1/s1. The van der Waals surface area contributed by atoms with E-state index in [2.05, 4.69) is 19.6 Å². The number of thiol groups is 1. The van der Waals surface area contributed by atoms with Gasteiger partial charge in [0.25, 0.3) is 0 Å². The van der Waals surface area contributed by atoms with E-state index in [9.17, 15) is 17.8 Å². The van der Waals surface area contributed by atoms with Gasteiger partial charge in [0.05, 0.1) is 18.9 Å². The average molecular weight is 560 g/mol. The lowest BCUT2D eigenvalue weighted by Gasteiger charge is -2.39. The molecule has 1 aliphatic rings. The van der Waals surface area contributed by atoms with E-state index in [4.69, 9.17) is 15.2 Å². The van der Waals surface area contributed by atoms with Crippen LogP contribution in [-0.2, 0) is 20.8 Å².